The van der Waals surface area contributed by atoms with E-state index in [2.05, 4.69) is 47.1 Å². The van der Waals surface area contributed by atoms with Crippen LogP contribution in [-0.4, -0.2) is 35.7 Å². The van der Waals surface area contributed by atoms with Gasteiger partial charge in [-0.15, -0.1) is 0 Å². The summed E-state index contributed by atoms with van der Waals surface area (Å²) < 4.78 is 13.4. The van der Waals surface area contributed by atoms with Crippen molar-refractivity contribution in [2.24, 2.45) is 0 Å². The molecule has 0 atom stereocenters. The molecule has 0 fully saturated rings. The van der Waals surface area contributed by atoms with E-state index in [0.717, 1.165) is 67.9 Å². The minimum atomic E-state index is -0.0455. The molecule has 4 rings (SSSR count). The first-order valence-electron chi connectivity index (χ1n) is 13.2. The van der Waals surface area contributed by atoms with Crippen molar-refractivity contribution >= 4 is 16.9 Å². The molecule has 1 N–H and O–H groups in total. The van der Waals surface area contributed by atoms with Gasteiger partial charge in [0.25, 0.3) is 5.91 Å². The Morgan fingerprint density at radius 1 is 0.892 bits per heavy atom. The standard InChI is InChI=1S/C31H37N3O3/c1-24-11-10-12-27(23-24)37-22-9-8-21-34-29-14-6-5-13-28(29)33-30(34)15-4-3-7-20-32-31(35)25-16-18-26(36-2)19-17-25/h5-6,10-14,16-19,23H,3-4,7-9,15,20-22H2,1-2H3,(H,32,35). The van der Waals surface area contributed by atoms with Crippen LogP contribution in [0.3, 0.4) is 0 Å². The molecular formula is C31H37N3O3. The normalized spacial score (nSPS) is 11.0. The predicted molar refractivity (Wildman–Crippen MR) is 149 cm³/mol. The van der Waals surface area contributed by atoms with Gasteiger partial charge in [-0.25, -0.2) is 4.98 Å². The molecule has 1 heterocycles. The number of benzene rings is 3. The highest BCUT2D eigenvalue weighted by atomic mass is 16.5. The molecule has 0 saturated carbocycles. The summed E-state index contributed by atoms with van der Waals surface area (Å²) in [5, 5.41) is 3.01. The zero-order chi connectivity index (χ0) is 25.9. The molecule has 0 bridgehead atoms. The van der Waals surface area contributed by atoms with Crippen LogP contribution in [-0.2, 0) is 13.0 Å². The molecular weight excluding hydrogens is 462 g/mol. The first kappa shape index (κ1) is 26.3. The van der Waals surface area contributed by atoms with Crippen LogP contribution in [0.25, 0.3) is 11.0 Å². The number of nitrogens with zero attached hydrogens (tertiary/aromatic N) is 2. The fourth-order valence-electron chi connectivity index (χ4n) is 4.46. The number of carbonyl (C=O) groups is 1. The molecule has 0 radical (unpaired) electrons. The topological polar surface area (TPSA) is 65.4 Å². The fourth-order valence-corrected chi connectivity index (χ4v) is 4.46. The van der Waals surface area contributed by atoms with Crippen molar-refractivity contribution < 1.29 is 14.3 Å². The van der Waals surface area contributed by atoms with Crippen LogP contribution >= 0.6 is 0 Å². The highest BCUT2D eigenvalue weighted by Crippen LogP contribution is 2.19. The summed E-state index contributed by atoms with van der Waals surface area (Å²) in [4.78, 5) is 17.2. The number of unbranched alkanes of at least 4 members (excludes halogenated alkanes) is 3. The third kappa shape index (κ3) is 7.59. The SMILES string of the molecule is COc1ccc(C(=O)NCCCCCc2nc3ccccc3n2CCCCOc2cccc(C)c2)cc1. The fraction of sp³-hybridized carbons (Fsp3) is 0.355. The highest BCUT2D eigenvalue weighted by Gasteiger charge is 2.10. The van der Waals surface area contributed by atoms with E-state index in [1.807, 2.05) is 18.2 Å². The summed E-state index contributed by atoms with van der Waals surface area (Å²) in [6.45, 7) is 4.40. The van der Waals surface area contributed by atoms with Gasteiger partial charge in [0.2, 0.25) is 0 Å². The molecule has 0 spiro atoms. The molecule has 0 aliphatic heterocycles. The van der Waals surface area contributed by atoms with Crippen LogP contribution in [0, 0.1) is 6.92 Å². The number of hydrogen-bond acceptors (Lipinski definition) is 4. The molecule has 6 heteroatoms. The molecule has 1 amide bonds. The van der Waals surface area contributed by atoms with E-state index in [1.165, 1.54) is 11.1 Å². The van der Waals surface area contributed by atoms with Crippen LogP contribution < -0.4 is 14.8 Å². The van der Waals surface area contributed by atoms with Gasteiger partial charge < -0.3 is 19.4 Å². The van der Waals surface area contributed by atoms with Crippen molar-refractivity contribution in [2.45, 2.75) is 52.0 Å². The molecule has 0 aliphatic rings. The Labute approximate surface area is 219 Å². The van der Waals surface area contributed by atoms with Crippen molar-refractivity contribution in [3.05, 3.63) is 89.7 Å². The van der Waals surface area contributed by atoms with E-state index < -0.39 is 0 Å². The lowest BCUT2D eigenvalue weighted by atomic mass is 10.1. The molecule has 194 valence electrons. The van der Waals surface area contributed by atoms with Gasteiger partial charge in [-0.1, -0.05) is 30.7 Å². The predicted octanol–water partition coefficient (Wildman–Crippen LogP) is 6.36. The van der Waals surface area contributed by atoms with Gasteiger partial charge in [-0.3, -0.25) is 4.79 Å². The number of imidazole rings is 1. The summed E-state index contributed by atoms with van der Waals surface area (Å²) in [6, 6.07) is 23.7. The summed E-state index contributed by atoms with van der Waals surface area (Å²) in [6.07, 6.45) is 5.98. The molecule has 1 aromatic heterocycles. The summed E-state index contributed by atoms with van der Waals surface area (Å²) in [7, 11) is 1.62. The Balaban J connectivity index is 1.21. The zero-order valence-corrected chi connectivity index (χ0v) is 21.9. The third-order valence-electron chi connectivity index (χ3n) is 6.48. The van der Waals surface area contributed by atoms with Gasteiger partial charge in [0.1, 0.15) is 17.3 Å². The second-order valence-electron chi connectivity index (χ2n) is 9.34. The average Bonchev–Trinajstić information content (AvgIpc) is 3.27. The van der Waals surface area contributed by atoms with Gasteiger partial charge in [-0.05, 0) is 86.7 Å². The molecule has 0 aliphatic carbocycles. The number of para-hydroxylation sites is 2. The largest absolute Gasteiger partial charge is 0.497 e. The van der Waals surface area contributed by atoms with E-state index in [9.17, 15) is 4.79 Å². The lowest BCUT2D eigenvalue weighted by molar-refractivity contribution is 0.0953. The second-order valence-corrected chi connectivity index (χ2v) is 9.34. The maximum Gasteiger partial charge on any atom is 0.251 e. The maximum atomic E-state index is 12.3. The van der Waals surface area contributed by atoms with Crippen LogP contribution in [0.15, 0.2) is 72.8 Å². The Morgan fingerprint density at radius 2 is 1.73 bits per heavy atom. The molecule has 6 nitrogen and oxygen atoms in total. The van der Waals surface area contributed by atoms with Crippen LogP contribution in [0.2, 0.25) is 0 Å². The van der Waals surface area contributed by atoms with E-state index in [0.29, 0.717) is 18.7 Å². The highest BCUT2D eigenvalue weighted by molar-refractivity contribution is 5.94. The second kappa shape index (κ2) is 13.5. The number of carbonyl (C=O) groups excluding carboxylic acids is 1. The van der Waals surface area contributed by atoms with Gasteiger partial charge in [0.15, 0.2) is 0 Å². The number of aryl methyl sites for hydroxylation is 3. The molecule has 37 heavy (non-hydrogen) atoms. The Morgan fingerprint density at radius 3 is 2.54 bits per heavy atom. The van der Waals surface area contributed by atoms with Crippen molar-refractivity contribution in [1.29, 1.82) is 0 Å². The van der Waals surface area contributed by atoms with Crippen LogP contribution in [0.1, 0.15) is 53.8 Å². The zero-order valence-electron chi connectivity index (χ0n) is 21.9. The Hall–Kier alpha value is -3.80. The van der Waals surface area contributed by atoms with Gasteiger partial charge in [0.05, 0.1) is 24.8 Å². The molecule has 0 saturated heterocycles. The van der Waals surface area contributed by atoms with Gasteiger partial charge in [-0.2, -0.15) is 0 Å². The van der Waals surface area contributed by atoms with Gasteiger partial charge in [0, 0.05) is 25.1 Å². The van der Waals surface area contributed by atoms with Crippen molar-refractivity contribution in [1.82, 2.24) is 14.9 Å². The average molecular weight is 500 g/mol. The molecule has 4 aromatic rings. The lowest BCUT2D eigenvalue weighted by Gasteiger charge is -2.11. The number of methoxy groups -OCH3 is 1. The first-order chi connectivity index (χ1) is 18.1. The smallest absolute Gasteiger partial charge is 0.251 e. The number of hydrogen-bond donors (Lipinski definition) is 1. The van der Waals surface area contributed by atoms with Crippen LogP contribution in [0.4, 0.5) is 0 Å². The number of fused-ring (bicyclic) bond motifs is 1. The summed E-state index contributed by atoms with van der Waals surface area (Å²) >= 11 is 0. The van der Waals surface area contributed by atoms with Gasteiger partial charge >= 0.3 is 0 Å². The van der Waals surface area contributed by atoms with E-state index in [-0.39, 0.29) is 5.91 Å². The molecule has 0 unspecified atom stereocenters. The number of aromatic nitrogens is 2. The van der Waals surface area contributed by atoms with Crippen molar-refractivity contribution in [3.63, 3.8) is 0 Å². The Kier molecular flexibility index (Phi) is 9.58. The third-order valence-corrected chi connectivity index (χ3v) is 6.48. The lowest BCUT2D eigenvalue weighted by Crippen LogP contribution is -2.24. The van der Waals surface area contributed by atoms with Crippen LogP contribution in [0.5, 0.6) is 11.5 Å². The summed E-state index contributed by atoms with van der Waals surface area (Å²) in [5.74, 6) is 2.78. The number of amides is 1. The van der Waals surface area contributed by atoms with Crippen molar-refractivity contribution in [3.8, 4) is 11.5 Å². The van der Waals surface area contributed by atoms with Crippen molar-refractivity contribution in [2.75, 3.05) is 20.3 Å². The minimum Gasteiger partial charge on any atom is -0.497 e. The maximum absolute atomic E-state index is 12.3. The Bertz CT molecular complexity index is 1280. The monoisotopic (exact) mass is 499 g/mol. The number of ether oxygens (including phenoxy) is 2. The first-order valence-corrected chi connectivity index (χ1v) is 13.2. The van der Waals surface area contributed by atoms with E-state index >= 15 is 0 Å². The summed E-state index contributed by atoms with van der Waals surface area (Å²) in [5.41, 5.74) is 4.12. The van der Waals surface area contributed by atoms with E-state index in [4.69, 9.17) is 14.5 Å². The minimum absolute atomic E-state index is 0.0455. The quantitative estimate of drug-likeness (QED) is 0.205. The van der Waals surface area contributed by atoms with E-state index in [1.54, 1.807) is 31.4 Å². The molecule has 3 aromatic carbocycles. The number of nitrogens with one attached hydrogen (secondary N) is 1. The number of rotatable bonds is 14.